The van der Waals surface area contributed by atoms with Gasteiger partial charge in [-0.2, -0.15) is 0 Å². The molecule has 0 spiro atoms. The van der Waals surface area contributed by atoms with Crippen molar-refractivity contribution in [3.63, 3.8) is 0 Å². The minimum atomic E-state index is -0.218. The highest BCUT2D eigenvalue weighted by molar-refractivity contribution is 5.78. The average Bonchev–Trinajstić information content (AvgIpc) is 2.56. The van der Waals surface area contributed by atoms with Gasteiger partial charge in [0.1, 0.15) is 6.10 Å². The van der Waals surface area contributed by atoms with Crippen molar-refractivity contribution in [3.8, 4) is 0 Å². The zero-order valence-corrected chi connectivity index (χ0v) is 9.79. The summed E-state index contributed by atoms with van der Waals surface area (Å²) in [4.78, 5) is 11.7. The molecule has 3 nitrogen and oxygen atoms in total. The number of carbonyl (C=O) groups excluding carboxylic acids is 1. The van der Waals surface area contributed by atoms with Crippen molar-refractivity contribution in [1.82, 2.24) is 0 Å². The Bertz CT molecular complexity index is 209. The SMILES string of the molecule is CCC1(CC)CC(CCCCO)OC1=O. The maximum atomic E-state index is 11.7. The predicted molar refractivity (Wildman–Crippen MR) is 58.4 cm³/mol. The van der Waals surface area contributed by atoms with Gasteiger partial charge in [0.2, 0.25) is 0 Å². The second-order valence-electron chi connectivity index (χ2n) is 4.44. The Labute approximate surface area is 91.8 Å². The van der Waals surface area contributed by atoms with Gasteiger partial charge >= 0.3 is 5.97 Å². The highest BCUT2D eigenvalue weighted by Crippen LogP contribution is 2.41. The van der Waals surface area contributed by atoms with Crippen LogP contribution >= 0.6 is 0 Å². The number of hydrogen-bond acceptors (Lipinski definition) is 3. The van der Waals surface area contributed by atoms with Crippen LogP contribution in [-0.2, 0) is 9.53 Å². The van der Waals surface area contributed by atoms with Crippen LogP contribution in [0, 0.1) is 5.41 Å². The number of esters is 1. The fraction of sp³-hybridized carbons (Fsp3) is 0.917. The number of rotatable bonds is 6. The maximum Gasteiger partial charge on any atom is 0.312 e. The van der Waals surface area contributed by atoms with E-state index in [0.29, 0.717) is 0 Å². The maximum absolute atomic E-state index is 11.7. The summed E-state index contributed by atoms with van der Waals surface area (Å²) in [5, 5.41) is 8.68. The molecule has 1 atom stereocenters. The van der Waals surface area contributed by atoms with Crippen molar-refractivity contribution >= 4 is 5.97 Å². The van der Waals surface area contributed by atoms with Crippen LogP contribution < -0.4 is 0 Å². The topological polar surface area (TPSA) is 46.5 Å². The lowest BCUT2D eigenvalue weighted by atomic mass is 9.79. The second-order valence-corrected chi connectivity index (χ2v) is 4.44. The molecule has 15 heavy (non-hydrogen) atoms. The lowest BCUT2D eigenvalue weighted by molar-refractivity contribution is -0.149. The van der Waals surface area contributed by atoms with E-state index in [-0.39, 0.29) is 24.1 Å². The molecule has 3 heteroatoms. The highest BCUT2D eigenvalue weighted by atomic mass is 16.6. The van der Waals surface area contributed by atoms with Crippen LogP contribution in [0.15, 0.2) is 0 Å². The summed E-state index contributed by atoms with van der Waals surface area (Å²) in [5.41, 5.74) is -0.218. The Morgan fingerprint density at radius 2 is 2.07 bits per heavy atom. The first-order valence-electron chi connectivity index (χ1n) is 6.00. The van der Waals surface area contributed by atoms with Gasteiger partial charge in [-0.3, -0.25) is 4.79 Å². The summed E-state index contributed by atoms with van der Waals surface area (Å²) >= 11 is 0. The molecule has 1 aliphatic rings. The molecule has 88 valence electrons. The van der Waals surface area contributed by atoms with E-state index in [2.05, 4.69) is 13.8 Å². The third kappa shape index (κ3) is 2.71. The van der Waals surface area contributed by atoms with Crippen LogP contribution in [-0.4, -0.2) is 23.8 Å². The monoisotopic (exact) mass is 214 g/mol. The summed E-state index contributed by atoms with van der Waals surface area (Å²) in [5.74, 6) is -0.0125. The first-order valence-corrected chi connectivity index (χ1v) is 6.00. The van der Waals surface area contributed by atoms with Crippen molar-refractivity contribution in [2.24, 2.45) is 5.41 Å². The molecule has 0 bridgehead atoms. The first-order chi connectivity index (χ1) is 7.18. The Morgan fingerprint density at radius 1 is 1.40 bits per heavy atom. The molecule has 0 aliphatic carbocycles. The van der Waals surface area contributed by atoms with Crippen LogP contribution in [0.3, 0.4) is 0 Å². The fourth-order valence-corrected chi connectivity index (χ4v) is 2.31. The van der Waals surface area contributed by atoms with E-state index in [9.17, 15) is 4.79 Å². The molecule has 1 saturated heterocycles. The van der Waals surface area contributed by atoms with E-state index in [1.54, 1.807) is 0 Å². The van der Waals surface area contributed by atoms with Gasteiger partial charge in [0, 0.05) is 13.0 Å². The van der Waals surface area contributed by atoms with Gasteiger partial charge in [-0.1, -0.05) is 13.8 Å². The number of hydrogen-bond donors (Lipinski definition) is 1. The van der Waals surface area contributed by atoms with Crippen molar-refractivity contribution in [2.75, 3.05) is 6.61 Å². The molecule has 0 amide bonds. The minimum absolute atomic E-state index is 0.0125. The molecular weight excluding hydrogens is 192 g/mol. The number of carbonyl (C=O) groups is 1. The third-order valence-electron chi connectivity index (χ3n) is 3.61. The molecule has 1 fully saturated rings. The van der Waals surface area contributed by atoms with Crippen molar-refractivity contribution in [1.29, 1.82) is 0 Å². The summed E-state index contributed by atoms with van der Waals surface area (Å²) in [6, 6.07) is 0. The molecule has 0 radical (unpaired) electrons. The van der Waals surface area contributed by atoms with Gasteiger partial charge in [0.05, 0.1) is 5.41 Å². The second kappa shape index (κ2) is 5.50. The highest BCUT2D eigenvalue weighted by Gasteiger charge is 2.45. The molecule has 1 aliphatic heterocycles. The van der Waals surface area contributed by atoms with E-state index in [4.69, 9.17) is 9.84 Å². The summed E-state index contributed by atoms with van der Waals surface area (Å²) in [6.45, 7) is 4.34. The summed E-state index contributed by atoms with van der Waals surface area (Å²) in [6.07, 6.45) is 5.34. The number of aliphatic hydroxyl groups is 1. The van der Waals surface area contributed by atoms with Crippen molar-refractivity contribution < 1.29 is 14.6 Å². The predicted octanol–water partition coefficient (Wildman–Crippen LogP) is 2.27. The summed E-state index contributed by atoms with van der Waals surface area (Å²) in [7, 11) is 0. The Morgan fingerprint density at radius 3 is 2.53 bits per heavy atom. The standard InChI is InChI=1S/C12H22O3/c1-3-12(4-2)9-10(15-11(12)14)7-5-6-8-13/h10,13H,3-9H2,1-2H3. The molecule has 0 aromatic carbocycles. The van der Waals surface area contributed by atoms with Gasteiger partial charge in [-0.05, 0) is 32.1 Å². The quantitative estimate of drug-likeness (QED) is 0.545. The van der Waals surface area contributed by atoms with Gasteiger partial charge in [0.15, 0.2) is 0 Å². The number of unbranched alkanes of at least 4 members (excludes halogenated alkanes) is 1. The average molecular weight is 214 g/mol. The van der Waals surface area contributed by atoms with E-state index < -0.39 is 0 Å². The largest absolute Gasteiger partial charge is 0.462 e. The third-order valence-corrected chi connectivity index (χ3v) is 3.61. The molecule has 1 unspecified atom stereocenters. The molecular formula is C12H22O3. The van der Waals surface area contributed by atoms with Gasteiger partial charge < -0.3 is 9.84 Å². The summed E-state index contributed by atoms with van der Waals surface area (Å²) < 4.78 is 5.39. The zero-order valence-electron chi connectivity index (χ0n) is 9.79. The van der Waals surface area contributed by atoms with E-state index in [0.717, 1.165) is 38.5 Å². The lowest BCUT2D eigenvalue weighted by Crippen LogP contribution is -2.24. The van der Waals surface area contributed by atoms with Crippen LogP contribution in [0.1, 0.15) is 52.4 Å². The zero-order chi connectivity index (χ0) is 11.3. The van der Waals surface area contributed by atoms with Crippen molar-refractivity contribution in [3.05, 3.63) is 0 Å². The van der Waals surface area contributed by atoms with Gasteiger partial charge in [-0.15, -0.1) is 0 Å². The van der Waals surface area contributed by atoms with Crippen LogP contribution in [0.4, 0.5) is 0 Å². The molecule has 0 aromatic rings. The van der Waals surface area contributed by atoms with E-state index in [1.165, 1.54) is 0 Å². The Kier molecular flexibility index (Phi) is 4.58. The van der Waals surface area contributed by atoms with Crippen LogP contribution in [0.25, 0.3) is 0 Å². The minimum Gasteiger partial charge on any atom is -0.462 e. The van der Waals surface area contributed by atoms with Crippen LogP contribution in [0.2, 0.25) is 0 Å². The Hall–Kier alpha value is -0.570. The molecule has 1 N–H and O–H groups in total. The Balaban J connectivity index is 2.44. The number of ether oxygens (including phenoxy) is 1. The molecule has 1 heterocycles. The lowest BCUT2D eigenvalue weighted by Gasteiger charge is -2.20. The molecule has 0 saturated carbocycles. The van der Waals surface area contributed by atoms with Gasteiger partial charge in [0.25, 0.3) is 0 Å². The van der Waals surface area contributed by atoms with E-state index in [1.807, 2.05) is 0 Å². The first kappa shape index (κ1) is 12.5. The number of cyclic esters (lactones) is 1. The fourth-order valence-electron chi connectivity index (χ4n) is 2.31. The van der Waals surface area contributed by atoms with Crippen molar-refractivity contribution in [2.45, 2.75) is 58.5 Å². The number of aliphatic hydroxyl groups excluding tert-OH is 1. The van der Waals surface area contributed by atoms with Crippen LogP contribution in [0.5, 0.6) is 0 Å². The van der Waals surface area contributed by atoms with E-state index >= 15 is 0 Å². The smallest absolute Gasteiger partial charge is 0.312 e. The molecule has 1 rings (SSSR count). The normalized spacial score (nSPS) is 24.2. The van der Waals surface area contributed by atoms with Gasteiger partial charge in [-0.25, -0.2) is 0 Å². The molecule has 0 aromatic heterocycles.